The van der Waals surface area contributed by atoms with E-state index in [9.17, 15) is 36.8 Å². The molecular formula is C24H15F5N6O5. The van der Waals surface area contributed by atoms with Gasteiger partial charge in [0.2, 0.25) is 5.91 Å². The van der Waals surface area contributed by atoms with Crippen LogP contribution in [-0.2, 0) is 11.3 Å². The predicted octanol–water partition coefficient (Wildman–Crippen LogP) is 3.93. The molecule has 1 aliphatic rings. The van der Waals surface area contributed by atoms with Gasteiger partial charge < -0.3 is 24.1 Å². The summed E-state index contributed by atoms with van der Waals surface area (Å²) in [5.41, 5.74) is -0.905. The highest BCUT2D eigenvalue weighted by Gasteiger charge is 2.43. The lowest BCUT2D eigenvalue weighted by Crippen LogP contribution is -2.37. The topological polar surface area (TPSA) is 135 Å². The molecule has 40 heavy (non-hydrogen) atoms. The first-order chi connectivity index (χ1) is 18.9. The zero-order valence-corrected chi connectivity index (χ0v) is 20.1. The number of hydrogen-bond acceptors (Lipinski definition) is 8. The van der Waals surface area contributed by atoms with Gasteiger partial charge in [-0.3, -0.25) is 9.59 Å². The Morgan fingerprint density at radius 1 is 1.20 bits per heavy atom. The summed E-state index contributed by atoms with van der Waals surface area (Å²) in [4.78, 5) is 34.2. The fourth-order valence-corrected chi connectivity index (χ4v) is 4.08. The summed E-state index contributed by atoms with van der Waals surface area (Å²) in [6.07, 6.45) is -7.69. The maximum Gasteiger partial charge on any atom is 0.586 e. The first-order valence-electron chi connectivity index (χ1n) is 11.3. The molecular weight excluding hydrogens is 547 g/mol. The van der Waals surface area contributed by atoms with Crippen LogP contribution in [0.5, 0.6) is 17.2 Å². The van der Waals surface area contributed by atoms with Gasteiger partial charge in [0, 0.05) is 23.9 Å². The molecule has 1 amide bonds. The molecule has 4 aromatic rings. The van der Waals surface area contributed by atoms with E-state index in [-0.39, 0.29) is 46.0 Å². The number of alkyl halides is 5. The number of ether oxygens (including phenoxy) is 3. The van der Waals surface area contributed by atoms with Crippen LogP contribution in [-0.4, -0.2) is 44.9 Å². The highest BCUT2D eigenvalue weighted by molar-refractivity contribution is 5.94. The van der Waals surface area contributed by atoms with Gasteiger partial charge in [0.15, 0.2) is 11.5 Å². The number of imidazole rings is 1. The summed E-state index contributed by atoms with van der Waals surface area (Å²) in [7, 11) is 0. The van der Waals surface area contributed by atoms with Gasteiger partial charge in [0.25, 0.3) is 5.56 Å². The van der Waals surface area contributed by atoms with E-state index in [1.165, 1.54) is 35.5 Å². The third-order valence-corrected chi connectivity index (χ3v) is 5.73. The number of halogens is 5. The van der Waals surface area contributed by atoms with E-state index >= 15 is 0 Å². The van der Waals surface area contributed by atoms with Gasteiger partial charge >= 0.3 is 12.7 Å². The Bertz CT molecular complexity index is 1740. The lowest BCUT2D eigenvalue weighted by Gasteiger charge is -2.21. The highest BCUT2D eigenvalue weighted by Crippen LogP contribution is 2.43. The standard InChI is InChI=1S/C24H15F5N6O5/c1-2-34(14-4-6-16-17(8-14)40-24(28,29)39-16)18(36)10-35-22(37)21-20(31-11-32-21)19(33-35)12-3-5-15(13(7-12)9-30)38-23(25,26)27/h3-8,11H,2,10H2,1H3,(H,31,32). The van der Waals surface area contributed by atoms with Crippen LogP contribution < -0.4 is 24.7 Å². The third-order valence-electron chi connectivity index (χ3n) is 5.73. The average molecular weight is 562 g/mol. The van der Waals surface area contributed by atoms with Crippen molar-refractivity contribution in [3.05, 3.63) is 58.6 Å². The molecule has 11 nitrogen and oxygen atoms in total. The molecule has 0 unspecified atom stereocenters. The number of carbonyl (C=O) groups is 1. The van der Waals surface area contributed by atoms with Crippen LogP contribution in [0, 0.1) is 11.3 Å². The molecule has 16 heteroatoms. The smallest absolute Gasteiger partial charge is 0.404 e. The number of amides is 1. The summed E-state index contributed by atoms with van der Waals surface area (Å²) >= 11 is 0. The van der Waals surface area contributed by atoms with Crippen molar-refractivity contribution in [1.82, 2.24) is 19.7 Å². The van der Waals surface area contributed by atoms with Gasteiger partial charge in [-0.1, -0.05) is 0 Å². The Kier molecular flexibility index (Phi) is 6.29. The second-order valence-electron chi connectivity index (χ2n) is 8.24. The number of nitriles is 1. The minimum atomic E-state index is -5.03. The second kappa shape index (κ2) is 9.52. The maximum absolute atomic E-state index is 13.4. The molecule has 0 spiro atoms. The average Bonchev–Trinajstić information content (AvgIpc) is 3.49. The number of aromatic nitrogens is 4. The Morgan fingerprint density at radius 3 is 2.65 bits per heavy atom. The van der Waals surface area contributed by atoms with E-state index in [0.29, 0.717) is 0 Å². The Hall–Kier alpha value is -5.20. The zero-order valence-electron chi connectivity index (χ0n) is 20.1. The molecule has 0 bridgehead atoms. The lowest BCUT2D eigenvalue weighted by atomic mass is 10.1. The Balaban J connectivity index is 1.50. The molecule has 2 aromatic carbocycles. The van der Waals surface area contributed by atoms with Crippen LogP contribution in [0.4, 0.5) is 27.6 Å². The van der Waals surface area contributed by atoms with Gasteiger partial charge in [-0.05, 0) is 37.3 Å². The zero-order chi connectivity index (χ0) is 28.8. The fraction of sp³-hybridized carbons (Fsp3) is 0.208. The minimum Gasteiger partial charge on any atom is -0.404 e. The molecule has 5 rings (SSSR count). The van der Waals surface area contributed by atoms with Gasteiger partial charge in [-0.25, -0.2) is 9.67 Å². The highest BCUT2D eigenvalue weighted by atomic mass is 19.4. The molecule has 0 fully saturated rings. The maximum atomic E-state index is 13.4. The molecule has 0 saturated carbocycles. The number of aromatic amines is 1. The third kappa shape index (κ3) is 4.96. The van der Waals surface area contributed by atoms with Crippen LogP contribution >= 0.6 is 0 Å². The van der Waals surface area contributed by atoms with Crippen molar-refractivity contribution in [3.8, 4) is 34.6 Å². The second-order valence-corrected chi connectivity index (χ2v) is 8.24. The molecule has 0 saturated heterocycles. The Labute approximate surface area is 219 Å². The molecule has 0 radical (unpaired) electrons. The van der Waals surface area contributed by atoms with Gasteiger partial charge in [-0.15, -0.1) is 22.0 Å². The van der Waals surface area contributed by atoms with Crippen LogP contribution in [0.3, 0.4) is 0 Å². The Morgan fingerprint density at radius 2 is 1.95 bits per heavy atom. The van der Waals surface area contributed by atoms with E-state index in [0.717, 1.165) is 16.8 Å². The van der Waals surface area contributed by atoms with Crippen molar-refractivity contribution in [3.63, 3.8) is 0 Å². The molecule has 3 heterocycles. The SMILES string of the molecule is CCN(C(=O)Cn1nc(-c2ccc(OC(F)(F)F)c(C#N)c2)c2nc[nH]c2c1=O)c1ccc2c(c1)OC(F)(F)O2. The molecule has 206 valence electrons. The van der Waals surface area contributed by atoms with Crippen molar-refractivity contribution in [2.75, 3.05) is 11.4 Å². The summed E-state index contributed by atoms with van der Waals surface area (Å²) in [6.45, 7) is 1.08. The van der Waals surface area contributed by atoms with E-state index in [1.807, 2.05) is 0 Å². The number of anilines is 1. The summed E-state index contributed by atoms with van der Waals surface area (Å²) < 4.78 is 78.4. The summed E-state index contributed by atoms with van der Waals surface area (Å²) in [6, 6.07) is 8.56. The summed E-state index contributed by atoms with van der Waals surface area (Å²) in [5, 5.41) is 13.6. The van der Waals surface area contributed by atoms with Gasteiger partial charge in [-0.2, -0.15) is 10.4 Å². The molecule has 2 aromatic heterocycles. The number of benzene rings is 2. The van der Waals surface area contributed by atoms with E-state index in [1.54, 1.807) is 13.0 Å². The largest absolute Gasteiger partial charge is 0.586 e. The monoisotopic (exact) mass is 562 g/mol. The van der Waals surface area contributed by atoms with E-state index in [4.69, 9.17) is 0 Å². The minimum absolute atomic E-state index is 0.00734. The quantitative estimate of drug-likeness (QED) is 0.350. The van der Waals surface area contributed by atoms with Crippen LogP contribution in [0.2, 0.25) is 0 Å². The number of rotatable bonds is 6. The predicted molar refractivity (Wildman–Crippen MR) is 126 cm³/mol. The number of likely N-dealkylation sites (N-methyl/N-ethyl adjacent to an activating group) is 1. The van der Waals surface area contributed by atoms with E-state index in [2.05, 4.69) is 29.3 Å². The van der Waals surface area contributed by atoms with Gasteiger partial charge in [0.1, 0.15) is 35.1 Å². The van der Waals surface area contributed by atoms with Crippen LogP contribution in [0.15, 0.2) is 47.5 Å². The first-order valence-corrected chi connectivity index (χ1v) is 11.3. The van der Waals surface area contributed by atoms with Crippen molar-refractivity contribution in [1.29, 1.82) is 5.26 Å². The first kappa shape index (κ1) is 26.4. The molecule has 0 atom stereocenters. The van der Waals surface area contributed by atoms with Gasteiger partial charge in [0.05, 0.1) is 11.9 Å². The van der Waals surface area contributed by atoms with Crippen molar-refractivity contribution in [2.24, 2.45) is 0 Å². The molecule has 1 N–H and O–H groups in total. The van der Waals surface area contributed by atoms with Crippen LogP contribution in [0.25, 0.3) is 22.3 Å². The molecule has 0 aliphatic carbocycles. The fourth-order valence-electron chi connectivity index (χ4n) is 4.08. The van der Waals surface area contributed by atoms with E-state index < -0.39 is 42.0 Å². The number of nitrogens with one attached hydrogen (secondary N) is 1. The number of carbonyl (C=O) groups excluding carboxylic acids is 1. The number of fused-ring (bicyclic) bond motifs is 2. The molecule has 1 aliphatic heterocycles. The van der Waals surface area contributed by atoms with Crippen molar-refractivity contribution in [2.45, 2.75) is 26.1 Å². The summed E-state index contributed by atoms with van der Waals surface area (Å²) in [5.74, 6) is -1.89. The van der Waals surface area contributed by atoms with Crippen molar-refractivity contribution >= 4 is 22.6 Å². The number of nitrogens with zero attached hydrogens (tertiary/aromatic N) is 5. The number of H-pyrrole nitrogens is 1. The lowest BCUT2D eigenvalue weighted by molar-refractivity contribution is -0.286. The normalized spacial score (nSPS) is 13.7. The van der Waals surface area contributed by atoms with Crippen LogP contribution in [0.1, 0.15) is 12.5 Å². The van der Waals surface area contributed by atoms with Crippen molar-refractivity contribution < 1.29 is 41.0 Å². The number of hydrogen-bond donors (Lipinski definition) is 1.